The average molecular weight is 267 g/mol. The summed E-state index contributed by atoms with van der Waals surface area (Å²) in [7, 11) is 0. The maximum atomic E-state index is 13.7. The molecule has 5 nitrogen and oxygen atoms in total. The second kappa shape index (κ2) is 6.72. The number of ketones is 2. The first-order chi connectivity index (χ1) is 8.99. The van der Waals surface area contributed by atoms with Crippen molar-refractivity contribution < 1.29 is 18.9 Å². The zero-order chi connectivity index (χ0) is 14.4. The fraction of sp³-hybridized carbons (Fsp3) is 0.385. The van der Waals surface area contributed by atoms with Crippen molar-refractivity contribution in [3.05, 3.63) is 39.9 Å². The molecular weight excluding hydrogens is 253 g/mol. The third-order valence-corrected chi connectivity index (χ3v) is 2.66. The van der Waals surface area contributed by atoms with E-state index in [9.17, 15) is 24.1 Å². The first-order valence-corrected chi connectivity index (χ1v) is 5.93. The molecule has 0 saturated heterocycles. The lowest BCUT2D eigenvalue weighted by Crippen LogP contribution is -2.26. The number of hydrogen-bond donors (Lipinski definition) is 0. The van der Waals surface area contributed by atoms with Gasteiger partial charge in [0.25, 0.3) is 5.69 Å². The van der Waals surface area contributed by atoms with E-state index in [0.29, 0.717) is 12.8 Å². The molecule has 102 valence electrons. The van der Waals surface area contributed by atoms with Gasteiger partial charge >= 0.3 is 0 Å². The quantitative estimate of drug-likeness (QED) is 0.329. The Labute approximate surface area is 109 Å². The summed E-state index contributed by atoms with van der Waals surface area (Å²) in [6.07, 6.45) is -1.17. The second-order valence-corrected chi connectivity index (χ2v) is 4.07. The Morgan fingerprint density at radius 2 is 2.00 bits per heavy atom. The lowest BCUT2D eigenvalue weighted by atomic mass is 10.00. The van der Waals surface area contributed by atoms with Crippen LogP contribution in [0.3, 0.4) is 0 Å². The monoisotopic (exact) mass is 267 g/mol. The Hall–Kier alpha value is -2.11. The standard InChI is InChI=1S/C13H14FNO4/c1-2-3-8-11(16)12(14)13(17)9-6-4-5-7-10(9)15(18)19/h4-7,12H,2-3,8H2,1H3. The molecule has 0 aliphatic rings. The summed E-state index contributed by atoms with van der Waals surface area (Å²) in [4.78, 5) is 33.2. The maximum Gasteiger partial charge on any atom is 0.280 e. The third-order valence-electron chi connectivity index (χ3n) is 2.66. The second-order valence-electron chi connectivity index (χ2n) is 4.07. The van der Waals surface area contributed by atoms with Crippen LogP contribution in [-0.2, 0) is 4.79 Å². The minimum absolute atomic E-state index is 0.0377. The highest BCUT2D eigenvalue weighted by molar-refractivity contribution is 6.14. The van der Waals surface area contributed by atoms with Gasteiger partial charge in [-0.05, 0) is 12.5 Å². The number of rotatable bonds is 7. The highest BCUT2D eigenvalue weighted by Gasteiger charge is 2.30. The first kappa shape index (κ1) is 14.9. The van der Waals surface area contributed by atoms with Crippen LogP contribution >= 0.6 is 0 Å². The molecule has 1 rings (SSSR count). The van der Waals surface area contributed by atoms with E-state index in [4.69, 9.17) is 0 Å². The number of nitrogens with zero attached hydrogens (tertiary/aromatic N) is 1. The third kappa shape index (κ3) is 3.67. The van der Waals surface area contributed by atoms with Crippen LogP contribution in [0.4, 0.5) is 10.1 Å². The van der Waals surface area contributed by atoms with Crippen molar-refractivity contribution in [3.8, 4) is 0 Å². The van der Waals surface area contributed by atoms with E-state index in [1.54, 1.807) is 0 Å². The Bertz CT molecular complexity index is 501. The molecule has 0 N–H and O–H groups in total. The lowest BCUT2D eigenvalue weighted by molar-refractivity contribution is -0.385. The van der Waals surface area contributed by atoms with Crippen molar-refractivity contribution in [3.63, 3.8) is 0 Å². The Morgan fingerprint density at radius 1 is 1.37 bits per heavy atom. The summed E-state index contributed by atoms with van der Waals surface area (Å²) >= 11 is 0. The van der Waals surface area contributed by atoms with E-state index in [-0.39, 0.29) is 12.0 Å². The molecule has 0 aliphatic heterocycles. The number of Topliss-reactive ketones (excluding diaryl/α,β-unsaturated/α-hetero) is 2. The zero-order valence-corrected chi connectivity index (χ0v) is 10.5. The predicted octanol–water partition coefficient (Wildman–Crippen LogP) is 2.87. The van der Waals surface area contributed by atoms with Gasteiger partial charge in [-0.15, -0.1) is 0 Å². The van der Waals surface area contributed by atoms with Crippen molar-refractivity contribution in [2.45, 2.75) is 32.4 Å². The molecule has 0 saturated carbocycles. The zero-order valence-electron chi connectivity index (χ0n) is 10.5. The molecule has 0 bridgehead atoms. The highest BCUT2D eigenvalue weighted by atomic mass is 19.1. The molecule has 0 spiro atoms. The summed E-state index contributed by atoms with van der Waals surface area (Å²) in [6.45, 7) is 1.84. The van der Waals surface area contributed by atoms with Gasteiger partial charge < -0.3 is 0 Å². The summed E-state index contributed by atoms with van der Waals surface area (Å²) in [5.74, 6) is -1.97. The number of para-hydroxylation sites is 1. The largest absolute Gasteiger partial charge is 0.296 e. The fourth-order valence-corrected chi connectivity index (χ4v) is 1.60. The van der Waals surface area contributed by atoms with Crippen LogP contribution in [0, 0.1) is 10.1 Å². The summed E-state index contributed by atoms with van der Waals surface area (Å²) in [5, 5.41) is 10.7. The van der Waals surface area contributed by atoms with Gasteiger partial charge in [-0.2, -0.15) is 0 Å². The highest BCUT2D eigenvalue weighted by Crippen LogP contribution is 2.21. The number of halogens is 1. The number of carbonyl (C=O) groups excluding carboxylic acids is 2. The summed E-state index contributed by atoms with van der Waals surface area (Å²) in [6, 6.07) is 5.03. The van der Waals surface area contributed by atoms with E-state index in [1.807, 2.05) is 6.92 Å². The number of alkyl halides is 1. The van der Waals surface area contributed by atoms with Crippen LogP contribution in [0.1, 0.15) is 36.5 Å². The van der Waals surface area contributed by atoms with Gasteiger partial charge in [0.05, 0.1) is 10.5 Å². The molecule has 0 aromatic heterocycles. The van der Waals surface area contributed by atoms with Gasteiger partial charge in [0.15, 0.2) is 5.78 Å². The number of unbranched alkanes of at least 4 members (excludes halogenated alkanes) is 1. The van der Waals surface area contributed by atoms with Gasteiger partial charge in [0.2, 0.25) is 12.0 Å². The Morgan fingerprint density at radius 3 is 2.58 bits per heavy atom. The van der Waals surface area contributed by atoms with Gasteiger partial charge in [0.1, 0.15) is 0 Å². The topological polar surface area (TPSA) is 77.3 Å². The lowest BCUT2D eigenvalue weighted by Gasteiger charge is -2.06. The van der Waals surface area contributed by atoms with Gasteiger partial charge in [-0.1, -0.05) is 25.5 Å². The van der Waals surface area contributed by atoms with Crippen LogP contribution in [0.5, 0.6) is 0 Å². The Kier molecular flexibility index (Phi) is 5.29. The van der Waals surface area contributed by atoms with Crippen LogP contribution < -0.4 is 0 Å². The van der Waals surface area contributed by atoms with Crippen molar-refractivity contribution >= 4 is 17.3 Å². The molecule has 1 unspecified atom stereocenters. The van der Waals surface area contributed by atoms with Crippen LogP contribution in [0.25, 0.3) is 0 Å². The number of benzene rings is 1. The predicted molar refractivity (Wildman–Crippen MR) is 66.9 cm³/mol. The maximum absolute atomic E-state index is 13.7. The summed E-state index contributed by atoms with van der Waals surface area (Å²) in [5.41, 5.74) is -0.858. The van der Waals surface area contributed by atoms with Crippen molar-refractivity contribution in [2.75, 3.05) is 0 Å². The molecule has 0 heterocycles. The van der Waals surface area contributed by atoms with Crippen molar-refractivity contribution in [2.24, 2.45) is 0 Å². The van der Waals surface area contributed by atoms with E-state index in [0.717, 1.165) is 12.1 Å². The smallest absolute Gasteiger partial charge is 0.280 e. The van der Waals surface area contributed by atoms with E-state index < -0.39 is 28.3 Å². The van der Waals surface area contributed by atoms with Gasteiger partial charge in [-0.3, -0.25) is 19.7 Å². The van der Waals surface area contributed by atoms with E-state index >= 15 is 0 Å². The molecule has 19 heavy (non-hydrogen) atoms. The number of carbonyl (C=O) groups is 2. The van der Waals surface area contributed by atoms with Gasteiger partial charge in [-0.25, -0.2) is 4.39 Å². The molecule has 1 aromatic carbocycles. The number of hydrogen-bond acceptors (Lipinski definition) is 4. The van der Waals surface area contributed by atoms with E-state index in [1.165, 1.54) is 12.1 Å². The normalized spacial score (nSPS) is 11.9. The molecule has 0 aliphatic carbocycles. The van der Waals surface area contributed by atoms with Crippen molar-refractivity contribution in [1.29, 1.82) is 0 Å². The molecule has 6 heteroatoms. The number of nitro benzene ring substituents is 1. The molecular formula is C13H14FNO4. The molecule has 0 radical (unpaired) electrons. The molecule has 1 atom stereocenters. The molecule has 0 fully saturated rings. The van der Waals surface area contributed by atoms with Crippen molar-refractivity contribution in [1.82, 2.24) is 0 Å². The molecule has 1 aromatic rings. The van der Waals surface area contributed by atoms with Gasteiger partial charge in [0, 0.05) is 12.5 Å². The summed E-state index contributed by atoms with van der Waals surface area (Å²) < 4.78 is 13.7. The van der Waals surface area contributed by atoms with Crippen LogP contribution in [0.2, 0.25) is 0 Å². The van der Waals surface area contributed by atoms with Crippen LogP contribution in [-0.4, -0.2) is 22.7 Å². The van der Waals surface area contributed by atoms with Crippen LogP contribution in [0.15, 0.2) is 24.3 Å². The Balaban J connectivity index is 2.94. The number of nitro groups is 1. The minimum atomic E-state index is -2.33. The van der Waals surface area contributed by atoms with E-state index in [2.05, 4.69) is 0 Å². The average Bonchev–Trinajstić information content (AvgIpc) is 2.42. The fourth-order valence-electron chi connectivity index (χ4n) is 1.60. The minimum Gasteiger partial charge on any atom is -0.296 e. The molecule has 0 amide bonds. The first-order valence-electron chi connectivity index (χ1n) is 5.93. The SMILES string of the molecule is CCCCC(=O)C(F)C(=O)c1ccccc1[N+](=O)[O-].